The predicted molar refractivity (Wildman–Crippen MR) is 62.6 cm³/mol. The molecule has 0 aromatic rings. The van der Waals surface area contributed by atoms with Crippen molar-refractivity contribution in [1.29, 1.82) is 0 Å². The summed E-state index contributed by atoms with van der Waals surface area (Å²) in [6.07, 6.45) is 4.53. The Labute approximate surface area is 95.9 Å². The van der Waals surface area contributed by atoms with Crippen LogP contribution < -0.4 is 0 Å². The standard InChI is InChI=1S/C8H17Cl3OSi/c1-2-3-4-5-6-7-8-12-13(9,10)11/h2-8H2,1H3. The van der Waals surface area contributed by atoms with Crippen LogP contribution in [0.3, 0.4) is 0 Å². The van der Waals surface area contributed by atoms with Gasteiger partial charge in [-0.15, -0.1) is 0 Å². The maximum Gasteiger partial charge on any atom is 0.493 e. The fourth-order valence-electron chi connectivity index (χ4n) is 1.07. The molecule has 0 unspecified atom stereocenters. The SMILES string of the molecule is CCCCCCCCO[Si](Cl)(Cl)Cl. The highest BCUT2D eigenvalue weighted by Gasteiger charge is 2.26. The zero-order valence-electron chi connectivity index (χ0n) is 7.99. The summed E-state index contributed by atoms with van der Waals surface area (Å²) in [4.78, 5) is 0. The molecular formula is C8H17Cl3OSi. The Morgan fingerprint density at radius 3 is 2.00 bits per heavy atom. The summed E-state index contributed by atoms with van der Waals surface area (Å²) in [5.74, 6) is 0. The lowest BCUT2D eigenvalue weighted by Crippen LogP contribution is -2.16. The molecule has 0 radical (unpaired) electrons. The largest absolute Gasteiger partial charge is 0.493 e. The van der Waals surface area contributed by atoms with Crippen molar-refractivity contribution in [3.8, 4) is 0 Å². The van der Waals surface area contributed by atoms with Gasteiger partial charge in [-0.3, -0.25) is 0 Å². The molecule has 0 atom stereocenters. The van der Waals surface area contributed by atoms with Crippen molar-refractivity contribution in [2.75, 3.05) is 6.61 Å². The van der Waals surface area contributed by atoms with Gasteiger partial charge in [0.1, 0.15) is 0 Å². The van der Waals surface area contributed by atoms with Crippen LogP contribution in [-0.2, 0) is 4.43 Å². The van der Waals surface area contributed by atoms with Crippen LogP contribution in [0.15, 0.2) is 0 Å². The van der Waals surface area contributed by atoms with Crippen LogP contribution in [0.2, 0.25) is 0 Å². The number of hydrogen-bond donors (Lipinski definition) is 0. The molecule has 80 valence electrons. The van der Waals surface area contributed by atoms with Gasteiger partial charge in [0.2, 0.25) is 0 Å². The molecule has 0 aliphatic heterocycles. The molecule has 0 aromatic heterocycles. The van der Waals surface area contributed by atoms with Crippen molar-refractivity contribution < 1.29 is 4.43 Å². The summed E-state index contributed by atoms with van der Waals surface area (Å²) in [5, 5.41) is 0. The van der Waals surface area contributed by atoms with E-state index in [1.807, 2.05) is 0 Å². The fourth-order valence-corrected chi connectivity index (χ4v) is 2.14. The first-order chi connectivity index (χ1) is 6.06. The van der Waals surface area contributed by atoms with E-state index in [-0.39, 0.29) is 0 Å². The van der Waals surface area contributed by atoms with Crippen molar-refractivity contribution >= 4 is 39.5 Å². The van der Waals surface area contributed by atoms with Crippen molar-refractivity contribution in [1.82, 2.24) is 0 Å². The molecule has 0 saturated carbocycles. The second-order valence-electron chi connectivity index (χ2n) is 3.06. The van der Waals surface area contributed by atoms with Crippen LogP contribution in [-0.4, -0.2) is 12.9 Å². The first-order valence-corrected chi connectivity index (χ1v) is 9.71. The molecule has 1 nitrogen and oxygen atoms in total. The summed E-state index contributed by atoms with van der Waals surface area (Å²) >= 11 is 16.6. The van der Waals surface area contributed by atoms with Gasteiger partial charge in [0.05, 0.1) is 0 Å². The van der Waals surface area contributed by atoms with Gasteiger partial charge in [-0.1, -0.05) is 72.3 Å². The summed E-state index contributed by atoms with van der Waals surface area (Å²) in [7, 11) is 0. The third-order valence-electron chi connectivity index (χ3n) is 1.76. The maximum absolute atomic E-state index is 5.54. The second-order valence-corrected chi connectivity index (χ2v) is 10.8. The lowest BCUT2D eigenvalue weighted by molar-refractivity contribution is 0.320. The Kier molecular flexibility index (Phi) is 9.04. The van der Waals surface area contributed by atoms with Gasteiger partial charge in [-0.05, 0) is 6.42 Å². The minimum atomic E-state index is -2.82. The summed E-state index contributed by atoms with van der Waals surface area (Å²) in [5.41, 5.74) is 0. The number of rotatable bonds is 8. The molecule has 13 heavy (non-hydrogen) atoms. The van der Waals surface area contributed by atoms with Gasteiger partial charge in [-0.25, -0.2) is 0 Å². The molecule has 0 saturated heterocycles. The predicted octanol–water partition coefficient (Wildman–Crippen LogP) is 4.52. The highest BCUT2D eigenvalue weighted by molar-refractivity contribution is 7.62. The summed E-state index contributed by atoms with van der Waals surface area (Å²) in [6, 6.07) is 0. The van der Waals surface area contributed by atoms with Crippen molar-refractivity contribution in [2.45, 2.75) is 45.4 Å². The topological polar surface area (TPSA) is 9.23 Å². The van der Waals surface area contributed by atoms with E-state index in [9.17, 15) is 0 Å². The van der Waals surface area contributed by atoms with E-state index in [0.29, 0.717) is 6.61 Å². The molecule has 0 fully saturated rings. The lowest BCUT2D eigenvalue weighted by Gasteiger charge is -2.08. The molecule has 0 amide bonds. The second kappa shape index (κ2) is 8.36. The van der Waals surface area contributed by atoms with Crippen LogP contribution in [0.25, 0.3) is 0 Å². The molecule has 0 bridgehead atoms. The van der Waals surface area contributed by atoms with E-state index in [0.717, 1.165) is 6.42 Å². The third-order valence-corrected chi connectivity index (χ3v) is 3.28. The van der Waals surface area contributed by atoms with Crippen LogP contribution in [0.1, 0.15) is 45.4 Å². The first-order valence-electron chi connectivity index (χ1n) is 4.77. The van der Waals surface area contributed by atoms with Gasteiger partial charge in [0, 0.05) is 6.61 Å². The molecule has 0 heterocycles. The molecule has 0 aromatic carbocycles. The average Bonchev–Trinajstić information content (AvgIpc) is 2.01. The molecule has 0 spiro atoms. The van der Waals surface area contributed by atoms with E-state index >= 15 is 0 Å². The minimum Gasteiger partial charge on any atom is -0.381 e. The van der Waals surface area contributed by atoms with E-state index in [4.69, 9.17) is 37.7 Å². The minimum absolute atomic E-state index is 0.592. The highest BCUT2D eigenvalue weighted by Crippen LogP contribution is 2.21. The monoisotopic (exact) mass is 262 g/mol. The fraction of sp³-hybridized carbons (Fsp3) is 1.00. The molecule has 0 aliphatic carbocycles. The molecular weight excluding hydrogens is 247 g/mol. The van der Waals surface area contributed by atoms with Gasteiger partial charge in [0.25, 0.3) is 0 Å². The summed E-state index contributed by atoms with van der Waals surface area (Å²) < 4.78 is 5.07. The lowest BCUT2D eigenvalue weighted by atomic mass is 10.1. The Morgan fingerprint density at radius 2 is 1.46 bits per heavy atom. The van der Waals surface area contributed by atoms with Crippen molar-refractivity contribution in [3.05, 3.63) is 0 Å². The number of hydrogen-bond acceptors (Lipinski definition) is 1. The van der Waals surface area contributed by atoms with E-state index < -0.39 is 6.25 Å². The van der Waals surface area contributed by atoms with E-state index in [1.54, 1.807) is 0 Å². The Morgan fingerprint density at radius 1 is 0.923 bits per heavy atom. The van der Waals surface area contributed by atoms with Crippen LogP contribution >= 0.6 is 33.2 Å². The first kappa shape index (κ1) is 14.0. The zero-order valence-corrected chi connectivity index (χ0v) is 11.3. The molecule has 0 rings (SSSR count). The molecule has 0 aliphatic rings. The van der Waals surface area contributed by atoms with Gasteiger partial charge in [-0.2, -0.15) is 0 Å². The normalized spacial score (nSPS) is 12.0. The van der Waals surface area contributed by atoms with Gasteiger partial charge >= 0.3 is 6.25 Å². The van der Waals surface area contributed by atoms with Crippen LogP contribution in [0, 0.1) is 0 Å². The smallest absolute Gasteiger partial charge is 0.381 e. The van der Waals surface area contributed by atoms with Crippen LogP contribution in [0.4, 0.5) is 0 Å². The third kappa shape index (κ3) is 13.0. The Bertz CT molecular complexity index is 116. The van der Waals surface area contributed by atoms with Crippen molar-refractivity contribution in [2.24, 2.45) is 0 Å². The maximum atomic E-state index is 5.54. The van der Waals surface area contributed by atoms with E-state index in [1.165, 1.54) is 32.1 Å². The van der Waals surface area contributed by atoms with Crippen molar-refractivity contribution in [3.63, 3.8) is 0 Å². The van der Waals surface area contributed by atoms with E-state index in [2.05, 4.69) is 6.92 Å². The van der Waals surface area contributed by atoms with Gasteiger partial charge < -0.3 is 4.43 Å². The van der Waals surface area contributed by atoms with Crippen LogP contribution in [0.5, 0.6) is 0 Å². The molecule has 0 N–H and O–H groups in total. The van der Waals surface area contributed by atoms with Gasteiger partial charge in [0.15, 0.2) is 0 Å². The Balaban J connectivity index is 3.00. The molecule has 5 heteroatoms. The number of halogens is 3. The Hall–Kier alpha value is 1.05. The zero-order chi connectivity index (χ0) is 10.2. The quantitative estimate of drug-likeness (QED) is 0.355. The summed E-state index contributed by atoms with van der Waals surface area (Å²) in [6.45, 7) is 2.80. The number of unbranched alkanes of at least 4 members (excludes halogenated alkanes) is 5. The average molecular weight is 264 g/mol. The highest BCUT2D eigenvalue weighted by atomic mass is 35.8.